The van der Waals surface area contributed by atoms with E-state index in [1.54, 1.807) is 6.08 Å². The number of benzene rings is 1. The third kappa shape index (κ3) is 4.03. The van der Waals surface area contributed by atoms with E-state index in [1.165, 1.54) is 11.4 Å². The lowest BCUT2D eigenvalue weighted by atomic mass is 9.85. The third-order valence-corrected chi connectivity index (χ3v) is 3.94. The number of carbonyl (C=O) groups is 1. The largest absolute Gasteiger partial charge is 0.471 e. The average Bonchev–Trinajstić information content (AvgIpc) is 2.47. The van der Waals surface area contributed by atoms with Crippen molar-refractivity contribution in [2.24, 2.45) is 0 Å². The lowest BCUT2D eigenvalue weighted by molar-refractivity contribution is -0.167. The molecule has 2 rings (SSSR count). The maximum atomic E-state index is 13.3. The van der Waals surface area contributed by atoms with Gasteiger partial charge < -0.3 is 5.32 Å². The summed E-state index contributed by atoms with van der Waals surface area (Å²) in [5, 5.41) is 1.12. The van der Waals surface area contributed by atoms with E-state index in [0.29, 0.717) is 25.3 Å². The highest BCUT2D eigenvalue weighted by Gasteiger charge is 2.41. The number of allylic oxidation sites excluding steroid dienone is 2. The zero-order valence-corrected chi connectivity index (χ0v) is 12.8. The molecule has 0 radical (unpaired) electrons. The van der Waals surface area contributed by atoms with Crippen molar-refractivity contribution < 1.29 is 31.1 Å². The Hall–Kier alpha value is -1.70. The predicted octanol–water partition coefficient (Wildman–Crippen LogP) is 5.68. The molecular weight excluding hydrogens is 360 g/mol. The Bertz CT molecular complexity index is 665. The highest BCUT2D eigenvalue weighted by atomic mass is 35.5. The molecule has 0 saturated heterocycles. The Morgan fingerprint density at radius 1 is 1.17 bits per heavy atom. The van der Waals surface area contributed by atoms with E-state index in [9.17, 15) is 31.1 Å². The molecule has 1 aromatic carbocycles. The van der Waals surface area contributed by atoms with Gasteiger partial charge in [0.1, 0.15) is 0 Å². The quantitative estimate of drug-likeness (QED) is 0.525. The molecule has 1 aliphatic rings. The summed E-state index contributed by atoms with van der Waals surface area (Å²) in [6.45, 7) is 0. The summed E-state index contributed by atoms with van der Waals surface area (Å²) in [7, 11) is 0. The van der Waals surface area contributed by atoms with Crippen molar-refractivity contribution >= 4 is 23.2 Å². The molecule has 24 heavy (non-hydrogen) atoms. The van der Waals surface area contributed by atoms with Gasteiger partial charge in [-0.1, -0.05) is 23.8 Å². The van der Waals surface area contributed by atoms with E-state index < -0.39 is 41.0 Å². The fourth-order valence-corrected chi connectivity index (χ4v) is 2.80. The summed E-state index contributed by atoms with van der Waals surface area (Å²) in [6.07, 6.45) is -5.31. The van der Waals surface area contributed by atoms with Crippen LogP contribution in [0, 0.1) is 0 Å². The second-order valence-electron chi connectivity index (χ2n) is 5.30. The zero-order valence-electron chi connectivity index (χ0n) is 12.1. The first-order valence-corrected chi connectivity index (χ1v) is 7.34. The van der Waals surface area contributed by atoms with Crippen molar-refractivity contribution in [2.45, 2.75) is 37.5 Å². The van der Waals surface area contributed by atoms with Gasteiger partial charge in [-0.15, -0.1) is 0 Å². The number of hydrogen-bond acceptors (Lipinski definition) is 1. The van der Waals surface area contributed by atoms with Crippen LogP contribution in [0.5, 0.6) is 0 Å². The molecular formula is C15H12ClF6NO. The minimum atomic E-state index is -5.24. The normalized spacial score (nSPS) is 18.5. The SMILES string of the molecule is O=C(Nc1c(Cl)ccc(C(F)(F)F)c1C1C=CCCC1)C(F)(F)F. The van der Waals surface area contributed by atoms with Crippen LogP contribution in [-0.2, 0) is 11.0 Å². The number of nitrogens with one attached hydrogen (secondary N) is 1. The summed E-state index contributed by atoms with van der Waals surface area (Å²) in [4.78, 5) is 11.2. The number of halogens is 7. The van der Waals surface area contributed by atoms with Crippen LogP contribution in [0.25, 0.3) is 0 Å². The van der Waals surface area contributed by atoms with Crippen LogP contribution in [0.1, 0.15) is 36.3 Å². The van der Waals surface area contributed by atoms with Gasteiger partial charge in [-0.05, 0) is 37.0 Å². The van der Waals surface area contributed by atoms with E-state index in [1.807, 2.05) is 0 Å². The molecule has 1 atom stereocenters. The van der Waals surface area contributed by atoms with E-state index in [0.717, 1.165) is 6.07 Å². The van der Waals surface area contributed by atoms with Crippen LogP contribution >= 0.6 is 11.6 Å². The fourth-order valence-electron chi connectivity index (χ4n) is 2.59. The molecule has 1 aliphatic carbocycles. The molecule has 1 unspecified atom stereocenters. The molecule has 0 heterocycles. The van der Waals surface area contributed by atoms with Crippen molar-refractivity contribution in [1.82, 2.24) is 0 Å². The number of anilines is 1. The minimum absolute atomic E-state index is 0.314. The van der Waals surface area contributed by atoms with E-state index >= 15 is 0 Å². The molecule has 0 aliphatic heterocycles. The lowest BCUT2D eigenvalue weighted by Crippen LogP contribution is -2.31. The Morgan fingerprint density at radius 2 is 1.83 bits per heavy atom. The summed E-state index contributed by atoms with van der Waals surface area (Å²) in [6, 6.07) is 1.54. The highest BCUT2D eigenvalue weighted by Crippen LogP contribution is 2.45. The number of rotatable bonds is 2. The summed E-state index contributed by atoms with van der Waals surface area (Å²) < 4.78 is 77.3. The molecule has 0 spiro atoms. The van der Waals surface area contributed by atoms with Gasteiger partial charge in [0.15, 0.2) is 0 Å². The van der Waals surface area contributed by atoms with E-state index in [4.69, 9.17) is 11.6 Å². The van der Waals surface area contributed by atoms with Gasteiger partial charge >= 0.3 is 18.3 Å². The molecule has 0 bridgehead atoms. The topological polar surface area (TPSA) is 29.1 Å². The van der Waals surface area contributed by atoms with Crippen LogP contribution in [0.3, 0.4) is 0 Å². The Labute approximate surface area is 138 Å². The van der Waals surface area contributed by atoms with Gasteiger partial charge in [-0.2, -0.15) is 26.3 Å². The van der Waals surface area contributed by atoms with Crippen LogP contribution < -0.4 is 5.32 Å². The predicted molar refractivity (Wildman–Crippen MR) is 76.9 cm³/mol. The molecule has 9 heteroatoms. The second kappa shape index (κ2) is 6.66. The van der Waals surface area contributed by atoms with Gasteiger partial charge in [0.05, 0.1) is 16.3 Å². The van der Waals surface area contributed by atoms with Crippen LogP contribution in [0.2, 0.25) is 5.02 Å². The Morgan fingerprint density at radius 3 is 2.33 bits per heavy atom. The minimum Gasteiger partial charge on any atom is -0.317 e. The fraction of sp³-hybridized carbons (Fsp3) is 0.400. The van der Waals surface area contributed by atoms with Crippen molar-refractivity contribution in [2.75, 3.05) is 5.32 Å². The standard InChI is InChI=1S/C15H12ClF6NO/c16-10-7-6-9(14(17,18)19)11(8-4-2-1-3-5-8)12(10)23-13(24)15(20,21)22/h2,4,6-8H,1,3,5H2,(H,23,24). The summed E-state index contributed by atoms with van der Waals surface area (Å²) in [5.74, 6) is -3.15. The molecule has 0 saturated carbocycles. The first-order valence-electron chi connectivity index (χ1n) is 6.96. The maximum Gasteiger partial charge on any atom is 0.471 e. The monoisotopic (exact) mass is 371 g/mol. The van der Waals surface area contributed by atoms with Crippen LogP contribution in [-0.4, -0.2) is 12.1 Å². The van der Waals surface area contributed by atoms with Crippen LogP contribution in [0.4, 0.5) is 32.0 Å². The van der Waals surface area contributed by atoms with E-state index in [2.05, 4.69) is 0 Å². The van der Waals surface area contributed by atoms with Crippen LogP contribution in [0.15, 0.2) is 24.3 Å². The molecule has 0 aromatic heterocycles. The van der Waals surface area contributed by atoms with Gasteiger partial charge in [0, 0.05) is 5.92 Å². The number of alkyl halides is 6. The van der Waals surface area contributed by atoms with Crippen molar-refractivity contribution in [3.05, 3.63) is 40.4 Å². The molecule has 0 fully saturated rings. The van der Waals surface area contributed by atoms with E-state index in [-0.39, 0.29) is 5.02 Å². The summed E-state index contributed by atoms with van der Waals surface area (Å²) in [5.41, 5.74) is -2.20. The van der Waals surface area contributed by atoms with Crippen molar-refractivity contribution in [3.63, 3.8) is 0 Å². The molecule has 1 N–H and O–H groups in total. The molecule has 1 amide bonds. The summed E-state index contributed by atoms with van der Waals surface area (Å²) >= 11 is 5.79. The molecule has 132 valence electrons. The first kappa shape index (κ1) is 18.6. The van der Waals surface area contributed by atoms with Gasteiger partial charge in [-0.25, -0.2) is 0 Å². The van der Waals surface area contributed by atoms with Gasteiger partial charge in [0.2, 0.25) is 0 Å². The smallest absolute Gasteiger partial charge is 0.317 e. The first-order chi connectivity index (χ1) is 11.0. The highest BCUT2D eigenvalue weighted by molar-refractivity contribution is 6.34. The second-order valence-corrected chi connectivity index (χ2v) is 5.71. The molecule has 1 aromatic rings. The lowest BCUT2D eigenvalue weighted by Gasteiger charge is -2.25. The maximum absolute atomic E-state index is 13.3. The Balaban J connectivity index is 2.61. The number of amides is 1. The van der Waals surface area contributed by atoms with Crippen molar-refractivity contribution in [1.29, 1.82) is 0 Å². The number of carbonyl (C=O) groups excluding carboxylic acids is 1. The van der Waals surface area contributed by atoms with Gasteiger partial charge in [-0.3, -0.25) is 4.79 Å². The van der Waals surface area contributed by atoms with Crippen molar-refractivity contribution in [3.8, 4) is 0 Å². The Kier molecular flexibility index (Phi) is 5.17. The van der Waals surface area contributed by atoms with Gasteiger partial charge in [0.25, 0.3) is 0 Å². The average molecular weight is 372 g/mol. The third-order valence-electron chi connectivity index (χ3n) is 3.62. The zero-order chi connectivity index (χ0) is 18.1. The number of hydrogen-bond donors (Lipinski definition) is 1. The molecule has 2 nitrogen and oxygen atoms in total.